The van der Waals surface area contributed by atoms with Crippen LogP contribution in [0, 0.1) is 0 Å². The Kier molecular flexibility index (Phi) is 6.06. The Bertz CT molecular complexity index is 653. The summed E-state index contributed by atoms with van der Waals surface area (Å²) < 4.78 is 0. The predicted octanol–water partition coefficient (Wildman–Crippen LogP) is -0.692. The third-order valence-corrected chi connectivity index (χ3v) is 3.03. The standard InChI is InChI=1S/C14H8O4.Mg.2H2O.2H/c15-9-5-1-3-7-11(9)14(18)12-8(13(7)17)4-2-6-10(12)16;;;;;/h1-6,15-16H;;2*1H2;;. The summed E-state index contributed by atoms with van der Waals surface area (Å²) in [6.45, 7) is 0. The van der Waals surface area contributed by atoms with E-state index in [1.54, 1.807) is 0 Å². The summed E-state index contributed by atoms with van der Waals surface area (Å²) in [6, 6.07) is 8.68. The number of fused-ring (bicyclic) bond motifs is 2. The Balaban J connectivity index is 0.00000133. The van der Waals surface area contributed by atoms with Crippen LogP contribution in [0.1, 0.15) is 31.8 Å². The van der Waals surface area contributed by atoms with Crippen molar-refractivity contribution in [2.24, 2.45) is 0 Å². The van der Waals surface area contributed by atoms with Crippen LogP contribution < -0.4 is 0 Å². The highest BCUT2D eigenvalue weighted by Crippen LogP contribution is 2.35. The lowest BCUT2D eigenvalue weighted by Gasteiger charge is -2.18. The van der Waals surface area contributed by atoms with E-state index in [0.717, 1.165) is 0 Å². The molecule has 0 saturated heterocycles. The zero-order chi connectivity index (χ0) is 12.9. The van der Waals surface area contributed by atoms with Crippen LogP contribution in [0.5, 0.6) is 11.5 Å². The maximum Gasteiger partial charge on any atom is 0.316 e. The normalized spacial score (nSPS) is 11.2. The van der Waals surface area contributed by atoms with Crippen molar-refractivity contribution in [2.75, 3.05) is 0 Å². The van der Waals surface area contributed by atoms with E-state index in [2.05, 4.69) is 0 Å². The van der Waals surface area contributed by atoms with E-state index in [0.29, 0.717) is 0 Å². The molecular formula is C14H14MgO6. The Morgan fingerprint density at radius 1 is 0.667 bits per heavy atom. The van der Waals surface area contributed by atoms with Gasteiger partial charge in [-0.2, -0.15) is 0 Å². The van der Waals surface area contributed by atoms with Gasteiger partial charge in [0.1, 0.15) is 11.5 Å². The highest BCUT2D eigenvalue weighted by Gasteiger charge is 2.33. The molecule has 3 rings (SSSR count). The molecule has 0 aliphatic heterocycles. The molecule has 0 radical (unpaired) electrons. The zero-order valence-corrected chi connectivity index (χ0v) is 10.2. The second-order valence-electron chi connectivity index (χ2n) is 4.06. The van der Waals surface area contributed by atoms with Gasteiger partial charge in [0.05, 0.1) is 11.1 Å². The summed E-state index contributed by atoms with van der Waals surface area (Å²) in [7, 11) is 0. The fourth-order valence-electron chi connectivity index (χ4n) is 2.21. The van der Waals surface area contributed by atoms with Crippen LogP contribution in [0.15, 0.2) is 36.4 Å². The fourth-order valence-corrected chi connectivity index (χ4v) is 2.21. The van der Waals surface area contributed by atoms with Gasteiger partial charge in [-0.05, 0) is 12.1 Å². The van der Waals surface area contributed by atoms with Crippen LogP contribution in [0.3, 0.4) is 0 Å². The number of phenolic OH excluding ortho intramolecular Hbond substituents is 2. The van der Waals surface area contributed by atoms with Gasteiger partial charge >= 0.3 is 23.1 Å². The lowest BCUT2D eigenvalue weighted by molar-refractivity contribution is 0.0974. The number of rotatable bonds is 0. The first kappa shape index (κ1) is 19.1. The number of benzene rings is 2. The number of ketones is 2. The van der Waals surface area contributed by atoms with Gasteiger partial charge in [-0.15, -0.1) is 0 Å². The molecule has 21 heavy (non-hydrogen) atoms. The van der Waals surface area contributed by atoms with E-state index < -0.39 is 5.78 Å². The Morgan fingerprint density at radius 2 is 1.05 bits per heavy atom. The molecule has 7 heteroatoms. The van der Waals surface area contributed by atoms with Crippen LogP contribution in [0.2, 0.25) is 0 Å². The third-order valence-electron chi connectivity index (χ3n) is 3.03. The van der Waals surface area contributed by atoms with E-state index in [1.165, 1.54) is 36.4 Å². The van der Waals surface area contributed by atoms with E-state index in [-0.39, 0.29) is 73.5 Å². The molecule has 0 amide bonds. The second kappa shape index (κ2) is 6.68. The quantitative estimate of drug-likeness (QED) is 0.531. The molecule has 1 aliphatic rings. The molecule has 0 heterocycles. The highest BCUT2D eigenvalue weighted by molar-refractivity contribution is 6.30. The minimum atomic E-state index is -0.532. The summed E-state index contributed by atoms with van der Waals surface area (Å²) >= 11 is 0. The molecule has 0 aromatic heterocycles. The summed E-state index contributed by atoms with van der Waals surface area (Å²) in [6.07, 6.45) is 0. The number of hydrogen-bond donors (Lipinski definition) is 2. The summed E-state index contributed by atoms with van der Waals surface area (Å²) in [4.78, 5) is 24.4. The van der Waals surface area contributed by atoms with Gasteiger partial charge in [-0.1, -0.05) is 24.3 Å². The Labute approximate surface area is 135 Å². The first-order valence-electron chi connectivity index (χ1n) is 5.34. The molecule has 0 fully saturated rings. The summed E-state index contributed by atoms with van der Waals surface area (Å²) in [5.41, 5.74) is 0.240. The van der Waals surface area contributed by atoms with Crippen molar-refractivity contribution in [3.05, 3.63) is 58.7 Å². The molecule has 0 atom stereocenters. The van der Waals surface area contributed by atoms with Crippen molar-refractivity contribution in [3.8, 4) is 11.5 Å². The topological polar surface area (TPSA) is 138 Å². The molecule has 0 unspecified atom stereocenters. The molecule has 6 N–H and O–H groups in total. The third kappa shape index (κ3) is 2.64. The van der Waals surface area contributed by atoms with Gasteiger partial charge in [0.25, 0.3) is 0 Å². The van der Waals surface area contributed by atoms with Crippen molar-refractivity contribution in [3.63, 3.8) is 0 Å². The number of carbonyl (C=O) groups is 2. The van der Waals surface area contributed by atoms with E-state index >= 15 is 0 Å². The van der Waals surface area contributed by atoms with Crippen molar-refractivity contribution in [1.82, 2.24) is 0 Å². The van der Waals surface area contributed by atoms with Gasteiger partial charge in [0, 0.05) is 11.1 Å². The Hall–Kier alpha value is -1.93. The van der Waals surface area contributed by atoms with E-state index in [1.807, 2.05) is 0 Å². The molecular weight excluding hydrogens is 288 g/mol. The molecule has 1 aliphatic carbocycles. The maximum absolute atomic E-state index is 12.2. The average Bonchev–Trinajstić information content (AvgIpc) is 2.35. The molecule has 6 nitrogen and oxygen atoms in total. The van der Waals surface area contributed by atoms with Crippen molar-refractivity contribution in [2.45, 2.75) is 0 Å². The van der Waals surface area contributed by atoms with Crippen LogP contribution in [0.4, 0.5) is 0 Å². The highest BCUT2D eigenvalue weighted by atomic mass is 24.3. The predicted molar refractivity (Wildman–Crippen MR) is 78.9 cm³/mol. The van der Waals surface area contributed by atoms with Gasteiger partial charge < -0.3 is 21.2 Å². The fraction of sp³-hybridized carbons (Fsp3) is 0. The lowest BCUT2D eigenvalue weighted by atomic mass is 9.83. The van der Waals surface area contributed by atoms with Crippen LogP contribution in [-0.2, 0) is 0 Å². The average molecular weight is 303 g/mol. The minimum Gasteiger partial charge on any atom is -0.507 e. The summed E-state index contributed by atoms with van der Waals surface area (Å²) in [5.74, 6) is -1.40. The van der Waals surface area contributed by atoms with E-state index in [4.69, 9.17) is 0 Å². The first-order chi connectivity index (χ1) is 8.61. The molecule has 108 valence electrons. The molecule has 2 aromatic rings. The number of aromatic hydroxyl groups is 2. The van der Waals surface area contributed by atoms with Crippen molar-refractivity contribution >= 4 is 34.6 Å². The van der Waals surface area contributed by atoms with Gasteiger partial charge in [-0.3, -0.25) is 9.59 Å². The van der Waals surface area contributed by atoms with Crippen molar-refractivity contribution in [1.29, 1.82) is 0 Å². The Morgan fingerprint density at radius 3 is 1.43 bits per heavy atom. The van der Waals surface area contributed by atoms with Gasteiger partial charge in [0.15, 0.2) is 5.78 Å². The first-order valence-corrected chi connectivity index (χ1v) is 5.34. The van der Waals surface area contributed by atoms with Crippen LogP contribution in [0.25, 0.3) is 0 Å². The molecule has 2 aromatic carbocycles. The number of carbonyl (C=O) groups excluding carboxylic acids is 2. The van der Waals surface area contributed by atoms with Crippen LogP contribution in [-0.4, -0.2) is 55.8 Å². The largest absolute Gasteiger partial charge is 0.507 e. The monoisotopic (exact) mass is 302 g/mol. The number of hydrogen-bond acceptors (Lipinski definition) is 4. The van der Waals surface area contributed by atoms with Gasteiger partial charge in [-0.25, -0.2) is 0 Å². The molecule has 0 spiro atoms. The summed E-state index contributed by atoms with van der Waals surface area (Å²) in [5, 5.41) is 19.4. The smallest absolute Gasteiger partial charge is 0.316 e. The van der Waals surface area contributed by atoms with Crippen molar-refractivity contribution < 1.29 is 30.8 Å². The van der Waals surface area contributed by atoms with Gasteiger partial charge in [0.2, 0.25) is 5.78 Å². The SMILES string of the molecule is O.O.O=C1c2cccc(O)c2C(=O)c2c(O)cccc21.[MgH2]. The van der Waals surface area contributed by atoms with E-state index in [9.17, 15) is 19.8 Å². The molecule has 0 bridgehead atoms. The number of phenols is 2. The minimum absolute atomic E-state index is 0. The zero-order valence-electron chi connectivity index (χ0n) is 10.2. The lowest BCUT2D eigenvalue weighted by Crippen LogP contribution is -2.20. The molecule has 0 saturated carbocycles. The van der Waals surface area contributed by atoms with Crippen LogP contribution >= 0.6 is 0 Å². The maximum atomic E-state index is 12.2. The second-order valence-corrected chi connectivity index (χ2v) is 4.06.